The van der Waals surface area contributed by atoms with Crippen molar-refractivity contribution in [1.29, 1.82) is 0 Å². The van der Waals surface area contributed by atoms with Gasteiger partial charge in [0.15, 0.2) is 9.65 Å². The molecular formula is C5H3AlIN5O. The number of nitrogens with two attached hydrogens (primary N) is 1. The Morgan fingerprint density at radius 1 is 1.54 bits per heavy atom. The van der Waals surface area contributed by atoms with E-state index in [-0.39, 0.29) is 11.5 Å². The van der Waals surface area contributed by atoms with E-state index in [0.29, 0.717) is 15.0 Å². The van der Waals surface area contributed by atoms with Crippen LogP contribution in [0.1, 0.15) is 0 Å². The van der Waals surface area contributed by atoms with Gasteiger partial charge in [0.2, 0.25) is 0 Å². The molecule has 64 valence electrons. The minimum atomic E-state index is -0.275. The molecule has 0 aliphatic rings. The Morgan fingerprint density at radius 2 is 2.23 bits per heavy atom. The van der Waals surface area contributed by atoms with Gasteiger partial charge >= 0.3 is 22.2 Å². The van der Waals surface area contributed by atoms with Gasteiger partial charge in [0.1, 0.15) is 11.2 Å². The lowest BCUT2D eigenvalue weighted by atomic mass is 10.5. The van der Waals surface area contributed by atoms with Crippen LogP contribution in [0.5, 0.6) is 0 Å². The van der Waals surface area contributed by atoms with Crippen LogP contribution in [-0.4, -0.2) is 35.0 Å². The van der Waals surface area contributed by atoms with Gasteiger partial charge in [-0.1, -0.05) is 0 Å². The third-order valence-electron chi connectivity index (χ3n) is 1.57. The van der Waals surface area contributed by atoms with Crippen LogP contribution in [0.3, 0.4) is 0 Å². The number of H-pyrrole nitrogens is 1. The molecule has 0 aromatic carbocycles. The van der Waals surface area contributed by atoms with Gasteiger partial charge in [-0.25, -0.2) is 9.97 Å². The van der Waals surface area contributed by atoms with Crippen LogP contribution in [0, 0.1) is 3.83 Å². The normalized spacial score (nSPS) is 10.8. The Bertz CT molecular complexity index is 531. The van der Waals surface area contributed by atoms with E-state index >= 15 is 0 Å². The predicted molar refractivity (Wildman–Crippen MR) is 56.4 cm³/mol. The third kappa shape index (κ3) is 1.35. The van der Waals surface area contributed by atoms with Gasteiger partial charge in [-0.2, -0.15) is 0 Å². The number of rotatable bonds is 0. The fraction of sp³-hybridized carbons (Fsp3) is 0. The molecule has 0 atom stereocenters. The maximum Gasteiger partial charge on any atom is 0.328 e. The summed E-state index contributed by atoms with van der Waals surface area (Å²) in [5.41, 5.74) is 6.28. The minimum Gasteiger partial charge on any atom is -0.391 e. The number of imidazole rings is 1. The molecule has 2 aromatic heterocycles. The number of hydrogen-bond acceptors (Lipinski definition) is 4. The molecule has 13 heavy (non-hydrogen) atoms. The van der Waals surface area contributed by atoms with E-state index in [4.69, 9.17) is 5.73 Å². The molecule has 3 N–H and O–H groups in total. The molecule has 2 heterocycles. The average molecular weight is 303 g/mol. The summed E-state index contributed by atoms with van der Waals surface area (Å²) in [5, 5.41) is 0. The van der Waals surface area contributed by atoms with Crippen molar-refractivity contribution in [2.45, 2.75) is 0 Å². The molecule has 6 nitrogen and oxygen atoms in total. The third-order valence-corrected chi connectivity index (χ3v) is 2.53. The van der Waals surface area contributed by atoms with Gasteiger partial charge in [-0.15, -0.1) is 0 Å². The van der Waals surface area contributed by atoms with Crippen molar-refractivity contribution >= 4 is 56.1 Å². The molecule has 0 unspecified atom stereocenters. The number of nitrogens with one attached hydrogen (secondary N) is 1. The Balaban J connectivity index is 3.03. The number of fused-ring (bicyclic) bond motifs is 1. The summed E-state index contributed by atoms with van der Waals surface area (Å²) in [6.07, 6.45) is 0. The monoisotopic (exact) mass is 303 g/mol. The number of hydrogen-bond donors (Lipinski definition) is 2. The molecule has 0 bridgehead atoms. The lowest BCUT2D eigenvalue weighted by Crippen LogP contribution is -2.14. The lowest BCUT2D eigenvalue weighted by molar-refractivity contribution is 1.09. The van der Waals surface area contributed by atoms with Crippen LogP contribution in [0.2, 0.25) is 0 Å². The van der Waals surface area contributed by atoms with Crippen molar-refractivity contribution in [2.75, 3.05) is 5.73 Å². The van der Waals surface area contributed by atoms with Crippen molar-refractivity contribution < 1.29 is 0 Å². The van der Waals surface area contributed by atoms with Crippen LogP contribution < -0.4 is 11.4 Å². The standard InChI is InChI=1S/C5H4IN5O.Al/c6-4-9-2(7)1-3(10-4)11-5(12)8-1;/h(H4,7,8,9,10,11,12);/q;+1/p-1. The van der Waals surface area contributed by atoms with Crippen LogP contribution in [0.25, 0.3) is 11.2 Å². The summed E-state index contributed by atoms with van der Waals surface area (Å²) in [6.45, 7) is 0. The van der Waals surface area contributed by atoms with Crippen molar-refractivity contribution in [3.8, 4) is 0 Å². The van der Waals surface area contributed by atoms with Crippen molar-refractivity contribution in [2.24, 2.45) is 0 Å². The quantitative estimate of drug-likeness (QED) is 0.380. The molecule has 2 rings (SSSR count). The molecular weight excluding hydrogens is 300 g/mol. The van der Waals surface area contributed by atoms with E-state index in [1.54, 1.807) is 0 Å². The first-order chi connectivity index (χ1) is 6.09. The van der Waals surface area contributed by atoms with Crippen molar-refractivity contribution in [3.63, 3.8) is 0 Å². The average Bonchev–Trinajstić information content (AvgIpc) is 2.32. The molecule has 0 spiro atoms. The summed E-state index contributed by atoms with van der Waals surface area (Å²) in [7, 11) is 0. The van der Waals surface area contributed by atoms with E-state index < -0.39 is 0 Å². The van der Waals surface area contributed by atoms with Crippen molar-refractivity contribution in [3.05, 3.63) is 14.3 Å². The first-order valence-corrected chi connectivity index (χ1v) is 4.88. The Kier molecular flexibility index (Phi) is 2.05. The van der Waals surface area contributed by atoms with Gasteiger partial charge < -0.3 is 14.3 Å². The predicted octanol–water partition coefficient (Wildman–Crippen LogP) is -0.762. The maximum absolute atomic E-state index is 11.2. The van der Waals surface area contributed by atoms with Crippen molar-refractivity contribution in [1.82, 2.24) is 18.5 Å². The molecule has 0 fully saturated rings. The highest BCUT2D eigenvalue weighted by Gasteiger charge is 2.08. The first kappa shape index (κ1) is 8.99. The number of halogens is 1. The Morgan fingerprint density at radius 3 is 2.92 bits per heavy atom. The number of anilines is 1. The summed E-state index contributed by atoms with van der Waals surface area (Å²) in [5.74, 6) is 0.285. The van der Waals surface area contributed by atoms with E-state index in [1.165, 1.54) is 3.55 Å². The number of aromatic nitrogens is 4. The van der Waals surface area contributed by atoms with Crippen LogP contribution in [0.4, 0.5) is 5.82 Å². The fourth-order valence-corrected chi connectivity index (χ4v) is 1.74. The second-order valence-corrected chi connectivity index (χ2v) is 3.86. The summed E-state index contributed by atoms with van der Waals surface area (Å²) < 4.78 is 1.83. The topological polar surface area (TPSA) is 89.6 Å². The molecule has 0 aliphatic heterocycles. The molecule has 0 saturated carbocycles. The molecule has 0 aliphatic carbocycles. The zero-order valence-corrected chi connectivity index (χ0v) is 9.59. The van der Waals surface area contributed by atoms with Gasteiger partial charge in [-0.3, -0.25) is 4.79 Å². The van der Waals surface area contributed by atoms with Gasteiger partial charge in [0.25, 0.3) is 0 Å². The second-order valence-electron chi connectivity index (χ2n) is 2.38. The van der Waals surface area contributed by atoms with Gasteiger partial charge in [-0.05, 0) is 0 Å². The summed E-state index contributed by atoms with van der Waals surface area (Å²) >= 11 is 4.20. The van der Waals surface area contributed by atoms with Gasteiger partial charge in [0, 0.05) is 22.6 Å². The highest BCUT2D eigenvalue weighted by atomic mass is 127. The van der Waals surface area contributed by atoms with E-state index in [1.807, 2.05) is 22.6 Å². The number of nitrogens with zero attached hydrogens (tertiary/aromatic N) is 3. The minimum absolute atomic E-state index is 0.275. The zero-order valence-electron chi connectivity index (χ0n) is 6.28. The number of aromatic amines is 1. The number of nitrogen functional groups attached to an aromatic ring is 1. The lowest BCUT2D eigenvalue weighted by Gasteiger charge is -1.97. The van der Waals surface area contributed by atoms with Crippen LogP contribution in [0.15, 0.2) is 4.79 Å². The molecule has 0 amide bonds. The molecule has 2 radical (unpaired) electrons. The molecule has 8 heteroatoms. The fourth-order valence-electron chi connectivity index (χ4n) is 0.996. The highest BCUT2D eigenvalue weighted by Crippen LogP contribution is 2.13. The largest absolute Gasteiger partial charge is 0.391 e. The van der Waals surface area contributed by atoms with Crippen LogP contribution in [-0.2, 0) is 0 Å². The van der Waals surface area contributed by atoms with Gasteiger partial charge in [0.05, 0.1) is 0 Å². The first-order valence-electron chi connectivity index (χ1n) is 3.28. The smallest absolute Gasteiger partial charge is 0.328 e. The Hall–Kier alpha value is -0.588. The maximum atomic E-state index is 11.2. The van der Waals surface area contributed by atoms with E-state index in [2.05, 4.69) is 31.5 Å². The summed E-state index contributed by atoms with van der Waals surface area (Å²) in [6, 6.07) is 0. The van der Waals surface area contributed by atoms with Crippen LogP contribution >= 0.6 is 22.6 Å². The molecule has 2 aromatic rings. The second kappa shape index (κ2) is 2.97. The van der Waals surface area contributed by atoms with E-state index in [0.717, 1.165) is 0 Å². The van der Waals surface area contributed by atoms with E-state index in [9.17, 15) is 4.79 Å². The zero-order chi connectivity index (χ0) is 9.59. The SMILES string of the molecule is Nc1nc(I)nc2c1[nH]c(=O)[n]2[Al]. The molecule has 0 saturated heterocycles. The summed E-state index contributed by atoms with van der Waals surface area (Å²) in [4.78, 5) is 21.7. The highest BCUT2D eigenvalue weighted by molar-refractivity contribution is 14.1. The Labute approximate surface area is 94.3 Å².